The van der Waals surface area contributed by atoms with Crippen LogP contribution in [0, 0.1) is 0 Å². The molecule has 1 N–H and O–H groups in total. The van der Waals surface area contributed by atoms with Crippen molar-refractivity contribution in [3.8, 4) is 0 Å². The van der Waals surface area contributed by atoms with Crippen molar-refractivity contribution in [2.24, 2.45) is 0 Å². The number of aromatic nitrogens is 1. The molecule has 7 nitrogen and oxygen atoms in total. The van der Waals surface area contributed by atoms with E-state index < -0.39 is 6.10 Å². The second-order valence-electron chi connectivity index (χ2n) is 7.79. The number of oxazole rings is 1. The number of ether oxygens (including phenoxy) is 2. The van der Waals surface area contributed by atoms with E-state index >= 15 is 0 Å². The van der Waals surface area contributed by atoms with Crippen LogP contribution in [0.4, 0.5) is 0 Å². The Bertz CT molecular complexity index is 789. The SMILES string of the molecule is C=CPOCc1nc([C@H]2C[C@H](O)C[C@@H](C[C@H]3CC(=C)C[C@H](CCOB=[P+]=S)O3)O2)co1. The van der Waals surface area contributed by atoms with Crippen molar-refractivity contribution in [1.82, 2.24) is 4.98 Å². The first-order chi connectivity index (χ1) is 15.1. The van der Waals surface area contributed by atoms with Gasteiger partial charge in [0.25, 0.3) is 0 Å². The Kier molecular flexibility index (Phi) is 10.9. The van der Waals surface area contributed by atoms with E-state index in [4.69, 9.17) is 34.9 Å². The second kappa shape index (κ2) is 13.4. The quantitative estimate of drug-likeness (QED) is 0.215. The number of nitrogens with zero attached hydrogens (tertiary/aromatic N) is 1. The number of hydrogen-bond acceptors (Lipinski definition) is 8. The molecule has 0 aliphatic carbocycles. The monoisotopic (exact) mass is 484 g/mol. The fraction of sp³-hybridized carbons (Fsp3) is 0.650. The average molecular weight is 484 g/mol. The number of hydrogen-bond donors (Lipinski definition) is 1. The van der Waals surface area contributed by atoms with Crippen LogP contribution in [-0.2, 0) is 37.1 Å². The standard InChI is InChI=1S/C20H29BNO6P2S/c1-3-29-26-12-20-22-18(11-24-20)19-9-14(23)8-17(28-19)10-16-7-13(2)6-15(27-16)4-5-25-21-30-31/h3,11,14-17,19,23,29H,1-2,4-10,12H2/q+1/t14-,15+,16-,17+,19-/m1/s1. The summed E-state index contributed by atoms with van der Waals surface area (Å²) in [4.78, 5) is 4.47. The Morgan fingerprint density at radius 3 is 2.97 bits per heavy atom. The van der Waals surface area contributed by atoms with Crippen LogP contribution in [0.1, 0.15) is 56.2 Å². The van der Waals surface area contributed by atoms with Crippen molar-refractivity contribution in [2.45, 2.75) is 75.7 Å². The molecule has 31 heavy (non-hydrogen) atoms. The first-order valence-electron chi connectivity index (χ1n) is 10.4. The molecule has 0 bridgehead atoms. The molecular formula is C20H29BNO6P2S+. The van der Waals surface area contributed by atoms with Crippen LogP contribution in [0.25, 0.3) is 0 Å². The van der Waals surface area contributed by atoms with Gasteiger partial charge in [0.15, 0.2) is 0 Å². The molecule has 11 heteroatoms. The third-order valence-corrected chi connectivity index (χ3v) is 6.23. The van der Waals surface area contributed by atoms with Gasteiger partial charge in [-0.15, -0.1) is 0 Å². The van der Waals surface area contributed by atoms with Gasteiger partial charge in [-0.05, 0) is 5.82 Å². The predicted octanol–water partition coefficient (Wildman–Crippen LogP) is 4.35. The Hall–Kier alpha value is -0.365. The maximum absolute atomic E-state index is 10.4. The van der Waals surface area contributed by atoms with Gasteiger partial charge in [0.2, 0.25) is 5.89 Å². The van der Waals surface area contributed by atoms with Crippen molar-refractivity contribution in [3.05, 3.63) is 42.4 Å². The van der Waals surface area contributed by atoms with Crippen LogP contribution in [0.2, 0.25) is 0 Å². The number of aliphatic hydroxyl groups is 1. The van der Waals surface area contributed by atoms with Gasteiger partial charge < -0.3 is 8.94 Å². The molecule has 0 radical (unpaired) electrons. The minimum Gasteiger partial charge on any atom is -0.446 e. The first kappa shape index (κ1) is 25.3. The third-order valence-electron chi connectivity index (χ3n) is 5.26. The number of rotatable bonds is 11. The molecule has 2 fully saturated rings. The molecule has 2 aliphatic rings. The fourth-order valence-electron chi connectivity index (χ4n) is 4.01. The molecule has 1 unspecified atom stereocenters. The molecule has 168 valence electrons. The van der Waals surface area contributed by atoms with E-state index in [9.17, 15) is 5.11 Å². The third kappa shape index (κ3) is 8.49. The summed E-state index contributed by atoms with van der Waals surface area (Å²) in [5.41, 5.74) is 1.87. The van der Waals surface area contributed by atoms with Crippen molar-refractivity contribution in [1.29, 1.82) is 0 Å². The Balaban J connectivity index is 1.53. The minimum atomic E-state index is -0.452. The molecule has 2 saturated heterocycles. The summed E-state index contributed by atoms with van der Waals surface area (Å²) in [5, 5.41) is 10.4. The number of aliphatic hydroxyl groups excluding tert-OH is 1. The summed E-state index contributed by atoms with van der Waals surface area (Å²) in [6.45, 7) is 11.0. The second-order valence-corrected chi connectivity index (χ2v) is 9.78. The van der Waals surface area contributed by atoms with E-state index in [1.165, 1.54) is 5.57 Å². The van der Waals surface area contributed by atoms with Crippen LogP contribution < -0.4 is 0 Å². The molecule has 1 aromatic heterocycles. The van der Waals surface area contributed by atoms with Crippen LogP contribution in [-0.4, -0.2) is 47.9 Å². The molecule has 0 amide bonds. The van der Waals surface area contributed by atoms with Gasteiger partial charge in [0.1, 0.15) is 6.61 Å². The van der Waals surface area contributed by atoms with Gasteiger partial charge in [-0.3, -0.25) is 0 Å². The van der Waals surface area contributed by atoms with Crippen molar-refractivity contribution in [2.75, 3.05) is 6.61 Å². The maximum atomic E-state index is 10.4. The molecule has 2 aliphatic heterocycles. The van der Waals surface area contributed by atoms with Crippen LogP contribution in [0.15, 0.2) is 35.2 Å². The Morgan fingerprint density at radius 1 is 1.32 bits per heavy atom. The molecule has 1 aromatic rings. The molecule has 0 spiro atoms. The fourth-order valence-corrected chi connectivity index (χ4v) is 4.69. The summed E-state index contributed by atoms with van der Waals surface area (Å²) in [6.07, 6.45) is 5.04. The zero-order chi connectivity index (χ0) is 22.1. The van der Waals surface area contributed by atoms with Crippen LogP contribution >= 0.6 is 15.7 Å². The molecule has 0 aromatic carbocycles. The topological polar surface area (TPSA) is 83.2 Å². The van der Waals surface area contributed by atoms with Crippen LogP contribution in [0.5, 0.6) is 0 Å². The summed E-state index contributed by atoms with van der Waals surface area (Å²) in [5.74, 6) is 2.20. The smallest absolute Gasteiger partial charge is 0.446 e. The zero-order valence-corrected chi connectivity index (χ0v) is 20.2. The van der Waals surface area contributed by atoms with Gasteiger partial charge in [-0.2, -0.15) is 0 Å². The normalized spacial score (nSPS) is 29.2. The van der Waals surface area contributed by atoms with E-state index in [2.05, 4.69) is 18.1 Å². The van der Waals surface area contributed by atoms with E-state index in [0.717, 1.165) is 19.3 Å². The van der Waals surface area contributed by atoms with Gasteiger partial charge in [0, 0.05) is 8.81 Å². The zero-order valence-electron chi connectivity index (χ0n) is 17.5. The average Bonchev–Trinajstić information content (AvgIpc) is 3.20. The molecule has 0 saturated carbocycles. The molecule has 3 heterocycles. The van der Waals surface area contributed by atoms with Gasteiger partial charge in [0.05, 0.1) is 0 Å². The summed E-state index contributed by atoms with van der Waals surface area (Å²) in [7, 11) is 0.202. The summed E-state index contributed by atoms with van der Waals surface area (Å²) in [6, 6.07) is 0. The van der Waals surface area contributed by atoms with Gasteiger partial charge >= 0.3 is 149 Å². The molecular weight excluding hydrogens is 455 g/mol. The van der Waals surface area contributed by atoms with Crippen molar-refractivity contribution in [3.63, 3.8) is 0 Å². The summed E-state index contributed by atoms with van der Waals surface area (Å²) < 4.78 is 28.8. The Morgan fingerprint density at radius 2 is 2.16 bits per heavy atom. The molecule has 3 rings (SSSR count). The van der Waals surface area contributed by atoms with Gasteiger partial charge in [-0.25, -0.2) is 0 Å². The van der Waals surface area contributed by atoms with Crippen molar-refractivity contribution < 1.29 is 28.2 Å². The van der Waals surface area contributed by atoms with Crippen molar-refractivity contribution >= 4 is 34.3 Å². The Labute approximate surface area is 192 Å². The van der Waals surface area contributed by atoms with Gasteiger partial charge in [-0.1, -0.05) is 6.58 Å². The van der Waals surface area contributed by atoms with Crippen LogP contribution in [0.3, 0.4) is 0 Å². The predicted molar refractivity (Wildman–Crippen MR) is 125 cm³/mol. The molecule has 6 atom stereocenters. The van der Waals surface area contributed by atoms with E-state index in [-0.39, 0.29) is 39.8 Å². The summed E-state index contributed by atoms with van der Waals surface area (Å²) >= 11 is 4.82. The van der Waals surface area contributed by atoms with E-state index in [1.54, 1.807) is 18.9 Å². The minimum absolute atomic E-state index is 0.0180. The van der Waals surface area contributed by atoms with E-state index in [0.29, 0.717) is 44.3 Å². The van der Waals surface area contributed by atoms with E-state index in [1.807, 2.05) is 0 Å². The first-order valence-corrected chi connectivity index (χ1v) is 13.4.